The number of nitrogens with one attached hydrogen (secondary N) is 2. The van der Waals surface area contributed by atoms with Crippen LogP contribution in [0.1, 0.15) is 29.5 Å². The van der Waals surface area contributed by atoms with E-state index in [1.165, 1.54) is 16.4 Å². The fraction of sp³-hybridized carbons (Fsp3) is 0.296. The average molecular weight is 542 g/mol. The lowest BCUT2D eigenvalue weighted by Gasteiger charge is -2.30. The number of aryl methyl sites for hydroxylation is 2. The molecule has 4 rings (SSSR count). The summed E-state index contributed by atoms with van der Waals surface area (Å²) in [6, 6.07) is 20.5. The zero-order valence-corrected chi connectivity index (χ0v) is 22.5. The van der Waals surface area contributed by atoms with Crippen molar-refractivity contribution in [1.29, 1.82) is 0 Å². The summed E-state index contributed by atoms with van der Waals surface area (Å²) in [6.45, 7) is 4.38. The van der Waals surface area contributed by atoms with Gasteiger partial charge in [-0.05, 0) is 74.2 Å². The molecule has 2 N–H and O–H groups in total. The third-order valence-corrected chi connectivity index (χ3v) is 9.60. The Bertz CT molecular complexity index is 1480. The second-order valence-electron chi connectivity index (χ2n) is 9.41. The van der Waals surface area contributed by atoms with E-state index < -0.39 is 20.0 Å². The normalized spacial score (nSPS) is 15.3. The van der Waals surface area contributed by atoms with Gasteiger partial charge in [0.2, 0.25) is 15.9 Å². The Balaban J connectivity index is 1.31. The van der Waals surface area contributed by atoms with E-state index in [9.17, 15) is 21.6 Å². The van der Waals surface area contributed by atoms with Crippen LogP contribution >= 0.6 is 0 Å². The third-order valence-electron chi connectivity index (χ3n) is 6.35. The molecule has 1 fully saturated rings. The van der Waals surface area contributed by atoms with Crippen LogP contribution in [0.2, 0.25) is 0 Å². The Morgan fingerprint density at radius 3 is 2.08 bits per heavy atom. The van der Waals surface area contributed by atoms with Gasteiger partial charge in [0.05, 0.1) is 10.6 Å². The summed E-state index contributed by atoms with van der Waals surface area (Å²) in [5.74, 6) is -0.583. The van der Waals surface area contributed by atoms with E-state index in [0.717, 1.165) is 16.7 Å². The maximum Gasteiger partial charge on any atom is 0.261 e. The molecule has 0 saturated carbocycles. The van der Waals surface area contributed by atoms with Crippen molar-refractivity contribution in [3.8, 4) is 0 Å². The van der Waals surface area contributed by atoms with Crippen LogP contribution in [0, 0.1) is 19.8 Å². The van der Waals surface area contributed by atoms with Gasteiger partial charge in [-0.3, -0.25) is 9.52 Å². The Kier molecular flexibility index (Phi) is 8.01. The maximum atomic E-state index is 12.8. The topological polar surface area (TPSA) is 113 Å². The molecule has 37 heavy (non-hydrogen) atoms. The number of piperidine rings is 1. The summed E-state index contributed by atoms with van der Waals surface area (Å²) in [7, 11) is -7.23. The minimum atomic E-state index is -3.77. The van der Waals surface area contributed by atoms with Crippen LogP contribution in [-0.4, -0.2) is 40.1 Å². The molecule has 0 aliphatic carbocycles. The molecule has 1 amide bonds. The number of anilines is 2. The zero-order chi connectivity index (χ0) is 26.6. The standard InChI is InChI=1S/C27H31N3O5S2/c1-20-5-3-7-22(17-20)19-36(32,33)30-15-13-23(14-16-30)27(31)28-24-9-11-26(12-10-24)37(34,35)29-25-8-4-6-21(2)18-25/h3-12,17-18,23,29H,13-16,19H2,1-2H3,(H,28,31). The summed E-state index contributed by atoms with van der Waals surface area (Å²) in [5.41, 5.74) is 3.65. The van der Waals surface area contributed by atoms with Gasteiger partial charge in [0.15, 0.2) is 0 Å². The molecule has 1 saturated heterocycles. The smallest absolute Gasteiger partial charge is 0.261 e. The van der Waals surface area contributed by atoms with Gasteiger partial charge in [0, 0.05) is 30.4 Å². The zero-order valence-electron chi connectivity index (χ0n) is 20.8. The molecule has 0 spiro atoms. The predicted octanol–water partition coefficient (Wildman–Crippen LogP) is 4.28. The number of carbonyl (C=O) groups excluding carboxylic acids is 1. The number of rotatable bonds is 8. The SMILES string of the molecule is Cc1cccc(CS(=O)(=O)N2CCC(C(=O)Nc3ccc(S(=O)(=O)Nc4cccc(C)c4)cc3)CC2)c1. The molecule has 0 atom stereocenters. The van der Waals surface area contributed by atoms with Crippen LogP contribution in [0.3, 0.4) is 0 Å². The van der Waals surface area contributed by atoms with E-state index in [4.69, 9.17) is 0 Å². The molecule has 8 nitrogen and oxygen atoms in total. The van der Waals surface area contributed by atoms with Gasteiger partial charge in [-0.2, -0.15) is 0 Å². The van der Waals surface area contributed by atoms with Crippen molar-refractivity contribution in [3.63, 3.8) is 0 Å². The van der Waals surface area contributed by atoms with Crippen molar-refractivity contribution in [2.24, 2.45) is 5.92 Å². The van der Waals surface area contributed by atoms with Crippen molar-refractivity contribution in [3.05, 3.63) is 89.5 Å². The quantitative estimate of drug-likeness (QED) is 0.442. The van der Waals surface area contributed by atoms with Gasteiger partial charge < -0.3 is 5.32 Å². The van der Waals surface area contributed by atoms with Gasteiger partial charge in [-0.25, -0.2) is 21.1 Å². The highest BCUT2D eigenvalue weighted by Crippen LogP contribution is 2.24. The number of hydrogen-bond acceptors (Lipinski definition) is 5. The highest BCUT2D eigenvalue weighted by Gasteiger charge is 2.31. The summed E-state index contributed by atoms with van der Waals surface area (Å²) >= 11 is 0. The fourth-order valence-electron chi connectivity index (χ4n) is 4.38. The van der Waals surface area contributed by atoms with Gasteiger partial charge >= 0.3 is 0 Å². The number of hydrogen-bond donors (Lipinski definition) is 2. The van der Waals surface area contributed by atoms with Crippen LogP contribution in [0.15, 0.2) is 77.7 Å². The number of nitrogens with zero attached hydrogens (tertiary/aromatic N) is 1. The van der Waals surface area contributed by atoms with E-state index in [1.807, 2.05) is 38.1 Å². The van der Waals surface area contributed by atoms with Crippen LogP contribution in [0.25, 0.3) is 0 Å². The molecule has 1 aliphatic rings. The molecule has 10 heteroatoms. The minimum Gasteiger partial charge on any atom is -0.326 e. The first-order valence-corrected chi connectivity index (χ1v) is 15.1. The summed E-state index contributed by atoms with van der Waals surface area (Å²) in [4.78, 5) is 12.9. The molecule has 0 bridgehead atoms. The molecule has 0 unspecified atom stereocenters. The van der Waals surface area contributed by atoms with Gasteiger partial charge in [-0.1, -0.05) is 42.0 Å². The van der Waals surface area contributed by atoms with Crippen molar-refractivity contribution >= 4 is 37.3 Å². The third kappa shape index (κ3) is 6.97. The van der Waals surface area contributed by atoms with E-state index in [2.05, 4.69) is 10.0 Å². The second-order valence-corrected chi connectivity index (χ2v) is 13.1. The lowest BCUT2D eigenvalue weighted by molar-refractivity contribution is -0.120. The first-order chi connectivity index (χ1) is 17.5. The molecular formula is C27H31N3O5S2. The van der Waals surface area contributed by atoms with E-state index in [0.29, 0.717) is 24.2 Å². The first-order valence-electron chi connectivity index (χ1n) is 12.1. The number of carbonyl (C=O) groups is 1. The summed E-state index contributed by atoms with van der Waals surface area (Å²) < 4.78 is 55.1. The lowest BCUT2D eigenvalue weighted by atomic mass is 9.97. The molecule has 0 radical (unpaired) electrons. The minimum absolute atomic E-state index is 0.0560. The number of benzene rings is 3. The Labute approximate surface area is 218 Å². The highest BCUT2D eigenvalue weighted by atomic mass is 32.2. The monoisotopic (exact) mass is 541 g/mol. The average Bonchev–Trinajstić information content (AvgIpc) is 2.84. The van der Waals surface area contributed by atoms with Crippen molar-refractivity contribution in [2.75, 3.05) is 23.1 Å². The molecular weight excluding hydrogens is 510 g/mol. The number of amides is 1. The first kappa shape index (κ1) is 26.8. The van der Waals surface area contributed by atoms with Crippen molar-refractivity contribution in [1.82, 2.24) is 4.31 Å². The number of sulfonamides is 2. The van der Waals surface area contributed by atoms with Gasteiger partial charge in [0.25, 0.3) is 10.0 Å². The molecule has 196 valence electrons. The Morgan fingerprint density at radius 2 is 1.46 bits per heavy atom. The van der Waals surface area contributed by atoms with Crippen molar-refractivity contribution in [2.45, 2.75) is 37.3 Å². The van der Waals surface area contributed by atoms with Crippen molar-refractivity contribution < 1.29 is 21.6 Å². The summed E-state index contributed by atoms with van der Waals surface area (Å²) in [5, 5.41) is 2.82. The fourth-order valence-corrected chi connectivity index (χ4v) is 6.98. The van der Waals surface area contributed by atoms with Crippen LogP contribution in [-0.2, 0) is 30.6 Å². The van der Waals surface area contributed by atoms with E-state index in [1.54, 1.807) is 36.4 Å². The summed E-state index contributed by atoms with van der Waals surface area (Å²) in [6.07, 6.45) is 0.845. The molecule has 3 aromatic carbocycles. The Hall–Kier alpha value is -3.21. The van der Waals surface area contributed by atoms with Crippen LogP contribution in [0.5, 0.6) is 0 Å². The van der Waals surface area contributed by atoms with Gasteiger partial charge in [-0.15, -0.1) is 0 Å². The largest absolute Gasteiger partial charge is 0.326 e. The predicted molar refractivity (Wildman–Crippen MR) is 145 cm³/mol. The Morgan fingerprint density at radius 1 is 0.838 bits per heavy atom. The highest BCUT2D eigenvalue weighted by molar-refractivity contribution is 7.92. The lowest BCUT2D eigenvalue weighted by Crippen LogP contribution is -2.41. The molecule has 1 heterocycles. The molecule has 0 aromatic heterocycles. The van der Waals surface area contributed by atoms with E-state index >= 15 is 0 Å². The maximum absolute atomic E-state index is 12.8. The molecule has 3 aromatic rings. The second kappa shape index (κ2) is 11.0. The van der Waals surface area contributed by atoms with E-state index in [-0.39, 0.29) is 35.6 Å². The van der Waals surface area contributed by atoms with Crippen LogP contribution < -0.4 is 10.0 Å². The van der Waals surface area contributed by atoms with Crippen LogP contribution in [0.4, 0.5) is 11.4 Å². The molecule has 1 aliphatic heterocycles. The van der Waals surface area contributed by atoms with Gasteiger partial charge in [0.1, 0.15) is 0 Å².